The van der Waals surface area contributed by atoms with Gasteiger partial charge < -0.3 is 15.1 Å². The molecule has 4 aliphatic rings. The van der Waals surface area contributed by atoms with E-state index in [-0.39, 0.29) is 29.9 Å². The second kappa shape index (κ2) is 5.59. The van der Waals surface area contributed by atoms with Crippen LogP contribution in [0.15, 0.2) is 0 Å². The number of carbonyl (C=O) groups excluding carboxylic acids is 2. The van der Waals surface area contributed by atoms with E-state index in [1.165, 1.54) is 0 Å². The van der Waals surface area contributed by atoms with Gasteiger partial charge in [-0.2, -0.15) is 0 Å². The summed E-state index contributed by atoms with van der Waals surface area (Å²) in [7, 11) is 0. The van der Waals surface area contributed by atoms with Crippen LogP contribution in [0.3, 0.4) is 0 Å². The summed E-state index contributed by atoms with van der Waals surface area (Å²) in [6, 6.07) is -0.425. The fourth-order valence-corrected chi connectivity index (χ4v) is 4.18. The van der Waals surface area contributed by atoms with Gasteiger partial charge in [0.1, 0.15) is 12.1 Å². The molecule has 4 rings (SSSR count). The third kappa shape index (κ3) is 2.68. The molecule has 5 nitrogen and oxygen atoms in total. The predicted octanol–water partition coefficient (Wildman–Crippen LogP) is 0.842. The molecule has 4 saturated heterocycles. The summed E-state index contributed by atoms with van der Waals surface area (Å²) < 4.78 is 0. The molecule has 4 fully saturated rings. The fraction of sp³-hybridized carbons (Fsp3) is 0.875. The zero-order valence-electron chi connectivity index (χ0n) is 13.3. The maximum atomic E-state index is 12.9. The van der Waals surface area contributed by atoms with Crippen molar-refractivity contribution in [3.05, 3.63) is 0 Å². The average Bonchev–Trinajstić information content (AvgIpc) is 2.46. The number of piperidine rings is 3. The molecule has 3 atom stereocenters. The van der Waals surface area contributed by atoms with Crippen molar-refractivity contribution < 1.29 is 9.59 Å². The van der Waals surface area contributed by atoms with Gasteiger partial charge in [0.05, 0.1) is 0 Å². The largest absolute Gasteiger partial charge is 0.343 e. The van der Waals surface area contributed by atoms with E-state index in [1.54, 1.807) is 0 Å². The predicted molar refractivity (Wildman–Crippen MR) is 80.6 cm³/mol. The van der Waals surface area contributed by atoms with E-state index in [4.69, 9.17) is 0 Å². The third-order valence-corrected chi connectivity index (χ3v) is 5.35. The van der Waals surface area contributed by atoms with Crippen molar-refractivity contribution in [1.82, 2.24) is 15.1 Å². The van der Waals surface area contributed by atoms with E-state index in [0.29, 0.717) is 11.8 Å². The molecule has 0 aromatic rings. The Bertz CT molecular complexity index is 429. The number of carbonyl (C=O) groups is 2. The minimum absolute atomic E-state index is 0.0108. The van der Waals surface area contributed by atoms with Gasteiger partial charge in [0, 0.05) is 12.6 Å². The van der Waals surface area contributed by atoms with E-state index in [0.717, 1.165) is 38.9 Å². The Balaban J connectivity index is 1.81. The van der Waals surface area contributed by atoms with Gasteiger partial charge in [0.25, 0.3) is 0 Å². The first-order valence-electron chi connectivity index (χ1n) is 8.32. The molecule has 3 unspecified atom stereocenters. The summed E-state index contributed by atoms with van der Waals surface area (Å²) in [5.74, 6) is 1.12. The van der Waals surface area contributed by atoms with Gasteiger partial charge in [-0.25, -0.2) is 0 Å². The lowest BCUT2D eigenvalue weighted by Gasteiger charge is -2.52. The molecule has 0 spiro atoms. The number of hydrogen-bond acceptors (Lipinski definition) is 3. The molecule has 0 radical (unpaired) electrons. The lowest BCUT2D eigenvalue weighted by atomic mass is 9.81. The molecule has 5 heteroatoms. The Morgan fingerprint density at radius 3 is 2.43 bits per heavy atom. The highest BCUT2D eigenvalue weighted by Crippen LogP contribution is 2.33. The van der Waals surface area contributed by atoms with Crippen molar-refractivity contribution in [1.29, 1.82) is 0 Å². The molecule has 0 aromatic heterocycles. The molecule has 4 heterocycles. The second-order valence-corrected chi connectivity index (χ2v) is 7.32. The molecule has 118 valence electrons. The first-order chi connectivity index (χ1) is 9.97. The molecule has 2 amide bonds. The molecule has 21 heavy (non-hydrogen) atoms. The van der Waals surface area contributed by atoms with Gasteiger partial charge in [-0.3, -0.25) is 9.59 Å². The summed E-state index contributed by atoms with van der Waals surface area (Å²) in [6.07, 6.45) is 3.06. The quantitative estimate of drug-likeness (QED) is 0.839. The van der Waals surface area contributed by atoms with Gasteiger partial charge >= 0.3 is 0 Å². The fourth-order valence-electron chi connectivity index (χ4n) is 4.18. The zero-order valence-corrected chi connectivity index (χ0v) is 13.3. The first kappa shape index (κ1) is 14.8. The molecule has 0 aliphatic carbocycles. The van der Waals surface area contributed by atoms with Crippen LogP contribution in [0, 0.1) is 11.8 Å². The Kier molecular flexibility index (Phi) is 3.95. The smallest absolute Gasteiger partial charge is 0.246 e. The van der Waals surface area contributed by atoms with Crippen molar-refractivity contribution in [2.24, 2.45) is 11.8 Å². The Morgan fingerprint density at radius 2 is 1.90 bits per heavy atom. The number of nitrogens with one attached hydrogen (secondary N) is 1. The van der Waals surface area contributed by atoms with Crippen LogP contribution in [0.25, 0.3) is 0 Å². The number of piperazine rings is 1. The van der Waals surface area contributed by atoms with Gasteiger partial charge in [-0.1, -0.05) is 13.8 Å². The lowest BCUT2D eigenvalue weighted by Crippen LogP contribution is -2.69. The van der Waals surface area contributed by atoms with E-state index in [1.807, 2.05) is 11.8 Å². The van der Waals surface area contributed by atoms with E-state index in [9.17, 15) is 9.59 Å². The van der Waals surface area contributed by atoms with E-state index in [2.05, 4.69) is 24.1 Å². The van der Waals surface area contributed by atoms with Crippen molar-refractivity contribution in [3.63, 3.8) is 0 Å². The molecular weight excluding hydrogens is 266 g/mol. The normalized spacial score (nSPS) is 39.8. The van der Waals surface area contributed by atoms with Crippen molar-refractivity contribution >= 4 is 11.8 Å². The highest BCUT2D eigenvalue weighted by Gasteiger charge is 2.46. The van der Waals surface area contributed by atoms with Crippen LogP contribution < -0.4 is 5.32 Å². The Hall–Kier alpha value is -1.10. The van der Waals surface area contributed by atoms with Gasteiger partial charge in [0.15, 0.2) is 0 Å². The third-order valence-electron chi connectivity index (χ3n) is 5.35. The van der Waals surface area contributed by atoms with Gasteiger partial charge in [-0.05, 0) is 51.1 Å². The minimum Gasteiger partial charge on any atom is -0.343 e. The topological polar surface area (TPSA) is 52.7 Å². The second-order valence-electron chi connectivity index (χ2n) is 7.32. The zero-order chi connectivity index (χ0) is 15.1. The first-order valence-corrected chi connectivity index (χ1v) is 8.32. The van der Waals surface area contributed by atoms with Gasteiger partial charge in [-0.15, -0.1) is 0 Å². The molecule has 4 aliphatic heterocycles. The Labute approximate surface area is 127 Å². The summed E-state index contributed by atoms with van der Waals surface area (Å²) in [5.41, 5.74) is 0. The van der Waals surface area contributed by atoms with Crippen molar-refractivity contribution in [3.8, 4) is 0 Å². The highest BCUT2D eigenvalue weighted by atomic mass is 16.2. The lowest BCUT2D eigenvalue weighted by molar-refractivity contribution is -0.156. The summed E-state index contributed by atoms with van der Waals surface area (Å²) in [6.45, 7) is 9.31. The molecule has 2 bridgehead atoms. The summed E-state index contributed by atoms with van der Waals surface area (Å²) in [5, 5.41) is 2.92. The maximum Gasteiger partial charge on any atom is 0.246 e. The van der Waals surface area contributed by atoms with Crippen LogP contribution in [-0.2, 0) is 9.59 Å². The number of nitrogens with zero attached hydrogens (tertiary/aromatic N) is 2. The SMILES string of the molecule is CC(C)CC1NC(=O)C(C)N(C2CN3CCC2CC3)C1=O. The molecule has 0 saturated carbocycles. The summed E-state index contributed by atoms with van der Waals surface area (Å²) >= 11 is 0. The molecular formula is C16H27N3O2. The Morgan fingerprint density at radius 1 is 1.24 bits per heavy atom. The monoisotopic (exact) mass is 293 g/mol. The van der Waals surface area contributed by atoms with Crippen LogP contribution in [-0.4, -0.2) is 59.4 Å². The van der Waals surface area contributed by atoms with Crippen LogP contribution in [0.2, 0.25) is 0 Å². The van der Waals surface area contributed by atoms with E-state index < -0.39 is 0 Å². The highest BCUT2D eigenvalue weighted by molar-refractivity contribution is 5.97. The summed E-state index contributed by atoms with van der Waals surface area (Å²) in [4.78, 5) is 29.5. The number of hydrogen-bond donors (Lipinski definition) is 1. The van der Waals surface area contributed by atoms with Crippen molar-refractivity contribution in [2.75, 3.05) is 19.6 Å². The minimum atomic E-state index is -0.329. The van der Waals surface area contributed by atoms with Crippen LogP contribution in [0.4, 0.5) is 0 Å². The van der Waals surface area contributed by atoms with Crippen LogP contribution in [0.1, 0.15) is 40.0 Å². The standard InChI is InChI=1S/C16H27N3O2/c1-10(2)8-13-16(21)19(11(3)15(20)17-13)14-9-18-6-4-12(14)5-7-18/h10-14H,4-9H2,1-3H3,(H,17,20). The average molecular weight is 293 g/mol. The maximum absolute atomic E-state index is 12.9. The molecule has 1 N–H and O–H groups in total. The number of rotatable bonds is 3. The molecule has 0 aromatic carbocycles. The number of amides is 2. The number of fused-ring (bicyclic) bond motifs is 3. The van der Waals surface area contributed by atoms with E-state index >= 15 is 0 Å². The van der Waals surface area contributed by atoms with Crippen molar-refractivity contribution in [2.45, 2.75) is 58.2 Å². The van der Waals surface area contributed by atoms with Crippen LogP contribution >= 0.6 is 0 Å². The van der Waals surface area contributed by atoms with Crippen LogP contribution in [0.5, 0.6) is 0 Å². The van der Waals surface area contributed by atoms with Gasteiger partial charge in [0.2, 0.25) is 11.8 Å².